The Kier molecular flexibility index (Phi) is 5.16. The van der Waals surface area contributed by atoms with E-state index in [-0.39, 0.29) is 0 Å². The molecule has 2 rings (SSSR count). The first-order valence-corrected chi connectivity index (χ1v) is 6.96. The minimum Gasteiger partial charge on any atom is -0.478 e. The van der Waals surface area contributed by atoms with E-state index in [0.29, 0.717) is 0 Å². The standard InChI is InChI=1S/C16H21NO2/c18-16(19)10-9-14-5-7-15(8-6-14)13-17-11-3-1-2-4-12-17/h5-10H,1-4,11-13H2,(H,18,19)/b10-9+. The van der Waals surface area contributed by atoms with Crippen LogP contribution in [0.1, 0.15) is 36.8 Å². The minimum absolute atomic E-state index is 0.909. The number of hydrogen-bond donors (Lipinski definition) is 1. The monoisotopic (exact) mass is 259 g/mol. The van der Waals surface area contributed by atoms with Crippen LogP contribution in [0.4, 0.5) is 0 Å². The van der Waals surface area contributed by atoms with Crippen molar-refractivity contribution in [1.29, 1.82) is 0 Å². The van der Waals surface area contributed by atoms with E-state index in [4.69, 9.17) is 5.11 Å². The number of nitrogens with zero attached hydrogens (tertiary/aromatic N) is 1. The maximum Gasteiger partial charge on any atom is 0.328 e. The van der Waals surface area contributed by atoms with Gasteiger partial charge in [0.2, 0.25) is 0 Å². The van der Waals surface area contributed by atoms with Crippen molar-refractivity contribution >= 4 is 12.0 Å². The zero-order chi connectivity index (χ0) is 13.5. The molecule has 0 bridgehead atoms. The van der Waals surface area contributed by atoms with Crippen LogP contribution in [-0.4, -0.2) is 29.1 Å². The highest BCUT2D eigenvalue weighted by atomic mass is 16.4. The second-order valence-electron chi connectivity index (χ2n) is 5.10. The predicted molar refractivity (Wildman–Crippen MR) is 76.9 cm³/mol. The Bertz CT molecular complexity index is 429. The van der Waals surface area contributed by atoms with E-state index < -0.39 is 5.97 Å². The Balaban J connectivity index is 1.92. The summed E-state index contributed by atoms with van der Waals surface area (Å²) >= 11 is 0. The van der Waals surface area contributed by atoms with E-state index in [0.717, 1.165) is 12.1 Å². The van der Waals surface area contributed by atoms with Crippen molar-refractivity contribution in [2.45, 2.75) is 32.2 Å². The van der Waals surface area contributed by atoms with Crippen molar-refractivity contribution in [3.05, 3.63) is 41.5 Å². The van der Waals surface area contributed by atoms with Crippen LogP contribution in [0.2, 0.25) is 0 Å². The molecule has 1 heterocycles. The van der Waals surface area contributed by atoms with E-state index in [1.807, 2.05) is 12.1 Å². The molecular weight excluding hydrogens is 238 g/mol. The van der Waals surface area contributed by atoms with E-state index in [1.54, 1.807) is 6.08 Å². The summed E-state index contributed by atoms with van der Waals surface area (Å²) in [6, 6.07) is 8.14. The highest BCUT2D eigenvalue weighted by Gasteiger charge is 2.08. The molecule has 1 aromatic rings. The molecule has 0 atom stereocenters. The van der Waals surface area contributed by atoms with Crippen molar-refractivity contribution in [2.24, 2.45) is 0 Å². The van der Waals surface area contributed by atoms with Gasteiger partial charge in [-0.1, -0.05) is 37.1 Å². The van der Waals surface area contributed by atoms with Crippen LogP contribution < -0.4 is 0 Å². The molecule has 1 aromatic carbocycles. The Morgan fingerprint density at radius 3 is 2.32 bits per heavy atom. The summed E-state index contributed by atoms with van der Waals surface area (Å²) in [6.07, 6.45) is 8.12. The fraction of sp³-hybridized carbons (Fsp3) is 0.438. The van der Waals surface area contributed by atoms with Gasteiger partial charge in [-0.3, -0.25) is 4.90 Å². The summed E-state index contributed by atoms with van der Waals surface area (Å²) in [6.45, 7) is 3.39. The number of likely N-dealkylation sites (tertiary alicyclic amines) is 1. The van der Waals surface area contributed by atoms with Gasteiger partial charge in [0.15, 0.2) is 0 Å². The number of carbonyl (C=O) groups is 1. The molecule has 0 aromatic heterocycles. The first kappa shape index (κ1) is 13.8. The largest absolute Gasteiger partial charge is 0.478 e. The SMILES string of the molecule is O=C(O)/C=C/c1ccc(CN2CCCCCC2)cc1. The smallest absolute Gasteiger partial charge is 0.328 e. The maximum atomic E-state index is 10.4. The predicted octanol–water partition coefficient (Wildman–Crippen LogP) is 3.16. The molecule has 1 fully saturated rings. The molecule has 1 aliphatic heterocycles. The second kappa shape index (κ2) is 7.10. The molecular formula is C16H21NO2. The van der Waals surface area contributed by atoms with Crippen LogP contribution in [0.3, 0.4) is 0 Å². The summed E-state index contributed by atoms with van der Waals surface area (Å²) < 4.78 is 0. The molecule has 0 unspecified atom stereocenters. The van der Waals surface area contributed by atoms with Crippen LogP contribution in [0.25, 0.3) is 6.08 Å². The van der Waals surface area contributed by atoms with E-state index in [9.17, 15) is 4.79 Å². The number of aliphatic carboxylic acids is 1. The molecule has 1 aliphatic rings. The number of benzene rings is 1. The normalized spacial score (nSPS) is 17.5. The van der Waals surface area contributed by atoms with E-state index in [1.165, 1.54) is 50.4 Å². The third kappa shape index (κ3) is 4.87. The Morgan fingerprint density at radius 1 is 1.11 bits per heavy atom. The average Bonchev–Trinajstić information content (AvgIpc) is 2.66. The molecule has 1 saturated heterocycles. The third-order valence-corrected chi connectivity index (χ3v) is 3.50. The molecule has 0 aliphatic carbocycles. The van der Waals surface area contributed by atoms with Gasteiger partial charge < -0.3 is 5.11 Å². The van der Waals surface area contributed by atoms with E-state index >= 15 is 0 Å². The van der Waals surface area contributed by atoms with Crippen molar-refractivity contribution in [3.8, 4) is 0 Å². The quantitative estimate of drug-likeness (QED) is 0.844. The van der Waals surface area contributed by atoms with Crippen LogP contribution in [-0.2, 0) is 11.3 Å². The van der Waals surface area contributed by atoms with Crippen molar-refractivity contribution in [1.82, 2.24) is 4.90 Å². The minimum atomic E-state index is -0.909. The number of carboxylic acids is 1. The zero-order valence-electron chi connectivity index (χ0n) is 11.2. The Morgan fingerprint density at radius 2 is 1.74 bits per heavy atom. The van der Waals surface area contributed by atoms with Crippen LogP contribution in [0, 0.1) is 0 Å². The first-order valence-electron chi connectivity index (χ1n) is 6.96. The molecule has 0 spiro atoms. The van der Waals surface area contributed by atoms with Gasteiger partial charge in [0.1, 0.15) is 0 Å². The Hall–Kier alpha value is -1.61. The van der Waals surface area contributed by atoms with Crippen LogP contribution >= 0.6 is 0 Å². The highest BCUT2D eigenvalue weighted by molar-refractivity contribution is 5.85. The number of hydrogen-bond acceptors (Lipinski definition) is 2. The molecule has 0 amide bonds. The van der Waals surface area contributed by atoms with E-state index in [2.05, 4.69) is 17.0 Å². The lowest BCUT2D eigenvalue weighted by atomic mass is 10.1. The lowest BCUT2D eigenvalue weighted by Gasteiger charge is -2.19. The van der Waals surface area contributed by atoms with Gasteiger partial charge in [0, 0.05) is 12.6 Å². The van der Waals surface area contributed by atoms with Gasteiger partial charge in [0.25, 0.3) is 0 Å². The number of rotatable bonds is 4. The van der Waals surface area contributed by atoms with Crippen LogP contribution in [0.15, 0.2) is 30.3 Å². The van der Waals surface area contributed by atoms with Crippen molar-refractivity contribution in [2.75, 3.05) is 13.1 Å². The van der Waals surface area contributed by atoms with Crippen molar-refractivity contribution in [3.63, 3.8) is 0 Å². The molecule has 1 N–H and O–H groups in total. The lowest BCUT2D eigenvalue weighted by molar-refractivity contribution is -0.131. The van der Waals surface area contributed by atoms with Gasteiger partial charge in [-0.05, 0) is 43.1 Å². The summed E-state index contributed by atoms with van der Waals surface area (Å²) in [7, 11) is 0. The molecule has 102 valence electrons. The molecule has 0 saturated carbocycles. The van der Waals surface area contributed by atoms with Gasteiger partial charge in [-0.15, -0.1) is 0 Å². The molecule has 19 heavy (non-hydrogen) atoms. The lowest BCUT2D eigenvalue weighted by Crippen LogP contribution is -2.23. The third-order valence-electron chi connectivity index (χ3n) is 3.50. The average molecular weight is 259 g/mol. The highest BCUT2D eigenvalue weighted by Crippen LogP contribution is 2.14. The molecule has 3 heteroatoms. The topological polar surface area (TPSA) is 40.5 Å². The number of carboxylic acid groups (broad SMARTS) is 1. The summed E-state index contributed by atoms with van der Waals surface area (Å²) in [5.41, 5.74) is 2.23. The van der Waals surface area contributed by atoms with Crippen molar-refractivity contribution < 1.29 is 9.90 Å². The summed E-state index contributed by atoms with van der Waals surface area (Å²) in [5.74, 6) is -0.909. The zero-order valence-corrected chi connectivity index (χ0v) is 11.2. The fourth-order valence-corrected chi connectivity index (χ4v) is 2.45. The first-order chi connectivity index (χ1) is 9.24. The van der Waals surface area contributed by atoms with Gasteiger partial charge >= 0.3 is 5.97 Å². The summed E-state index contributed by atoms with van der Waals surface area (Å²) in [5, 5.41) is 8.58. The maximum absolute atomic E-state index is 10.4. The fourth-order valence-electron chi connectivity index (χ4n) is 2.45. The molecule has 3 nitrogen and oxygen atoms in total. The van der Waals surface area contributed by atoms with Gasteiger partial charge in [0.05, 0.1) is 0 Å². The second-order valence-corrected chi connectivity index (χ2v) is 5.10. The Labute approximate surface area is 114 Å². The summed E-state index contributed by atoms with van der Waals surface area (Å²) in [4.78, 5) is 13.0. The van der Waals surface area contributed by atoms with Crippen LogP contribution in [0.5, 0.6) is 0 Å². The molecule has 0 radical (unpaired) electrons. The van der Waals surface area contributed by atoms with Gasteiger partial charge in [-0.2, -0.15) is 0 Å². The van der Waals surface area contributed by atoms with Gasteiger partial charge in [-0.25, -0.2) is 4.79 Å².